The van der Waals surface area contributed by atoms with E-state index < -0.39 is 0 Å². The number of hydrogen-bond acceptors (Lipinski definition) is 5. The Balaban J connectivity index is 1.56. The molecule has 6 heteroatoms. The average Bonchev–Trinajstić information content (AvgIpc) is 3.18. The highest BCUT2D eigenvalue weighted by molar-refractivity contribution is 7.99. The molecule has 2 fully saturated rings. The van der Waals surface area contributed by atoms with Gasteiger partial charge in [-0.25, -0.2) is 0 Å². The van der Waals surface area contributed by atoms with Gasteiger partial charge in [-0.2, -0.15) is 11.8 Å². The molecular formula is C15H22N2O2S2. The minimum atomic E-state index is 0.138. The van der Waals surface area contributed by atoms with E-state index >= 15 is 0 Å². The molecule has 2 aliphatic rings. The summed E-state index contributed by atoms with van der Waals surface area (Å²) in [5, 5.41) is 5.19. The molecule has 4 nitrogen and oxygen atoms in total. The number of carbonyl (C=O) groups is 1. The summed E-state index contributed by atoms with van der Waals surface area (Å²) >= 11 is 3.64. The van der Waals surface area contributed by atoms with Crippen molar-refractivity contribution in [3.8, 4) is 0 Å². The molecular weight excluding hydrogens is 304 g/mol. The van der Waals surface area contributed by atoms with Crippen LogP contribution in [0.15, 0.2) is 17.5 Å². The second kappa shape index (κ2) is 7.13. The maximum absolute atomic E-state index is 12.1. The van der Waals surface area contributed by atoms with Gasteiger partial charge in [-0.1, -0.05) is 6.07 Å². The Bertz CT molecular complexity index is 452. The number of thioether (sulfide) groups is 1. The fourth-order valence-corrected chi connectivity index (χ4v) is 5.21. The standard InChI is InChI=1S/C15H22N2O2S2/c18-14(10-13-2-1-8-21-13)16-11-15(3-9-20-12-15)17-4-6-19-7-5-17/h1-2,8H,3-7,9-12H2,(H,16,18)/t15-/m1/s1. The van der Waals surface area contributed by atoms with Crippen LogP contribution in [0.25, 0.3) is 0 Å². The Morgan fingerprint density at radius 3 is 2.95 bits per heavy atom. The molecule has 2 aliphatic heterocycles. The molecule has 1 aromatic rings. The van der Waals surface area contributed by atoms with Gasteiger partial charge in [-0.05, 0) is 23.6 Å². The molecule has 0 radical (unpaired) electrons. The smallest absolute Gasteiger partial charge is 0.225 e. The summed E-state index contributed by atoms with van der Waals surface area (Å²) in [7, 11) is 0. The summed E-state index contributed by atoms with van der Waals surface area (Å²) in [6.45, 7) is 4.37. The number of morpholine rings is 1. The van der Waals surface area contributed by atoms with Crippen molar-refractivity contribution in [2.75, 3.05) is 44.4 Å². The number of nitrogens with one attached hydrogen (secondary N) is 1. The lowest BCUT2D eigenvalue weighted by Gasteiger charge is -2.43. The van der Waals surface area contributed by atoms with Crippen LogP contribution >= 0.6 is 23.1 Å². The number of ether oxygens (including phenoxy) is 1. The highest BCUT2D eigenvalue weighted by atomic mass is 32.2. The lowest BCUT2D eigenvalue weighted by Crippen LogP contribution is -2.59. The first-order chi connectivity index (χ1) is 10.3. The summed E-state index contributed by atoms with van der Waals surface area (Å²) in [6.07, 6.45) is 1.67. The molecule has 1 aromatic heterocycles. The predicted molar refractivity (Wildman–Crippen MR) is 88.1 cm³/mol. The fourth-order valence-electron chi connectivity index (χ4n) is 3.03. The maximum Gasteiger partial charge on any atom is 0.225 e. The van der Waals surface area contributed by atoms with E-state index in [4.69, 9.17) is 4.74 Å². The normalized spacial score (nSPS) is 26.9. The lowest BCUT2D eigenvalue weighted by atomic mass is 9.95. The molecule has 0 saturated carbocycles. The van der Waals surface area contributed by atoms with Gasteiger partial charge < -0.3 is 10.1 Å². The van der Waals surface area contributed by atoms with Crippen molar-refractivity contribution in [3.63, 3.8) is 0 Å². The predicted octanol–water partition coefficient (Wildman–Crippen LogP) is 1.61. The van der Waals surface area contributed by atoms with Gasteiger partial charge in [-0.3, -0.25) is 9.69 Å². The molecule has 1 amide bonds. The first kappa shape index (κ1) is 15.3. The van der Waals surface area contributed by atoms with Crippen LogP contribution < -0.4 is 5.32 Å². The first-order valence-corrected chi connectivity index (χ1v) is 9.52. The van der Waals surface area contributed by atoms with E-state index in [0.29, 0.717) is 6.42 Å². The fraction of sp³-hybridized carbons (Fsp3) is 0.667. The molecule has 0 unspecified atom stereocenters. The third kappa shape index (κ3) is 3.80. The van der Waals surface area contributed by atoms with Crippen molar-refractivity contribution >= 4 is 29.0 Å². The first-order valence-electron chi connectivity index (χ1n) is 7.48. The van der Waals surface area contributed by atoms with E-state index in [0.717, 1.165) is 49.9 Å². The van der Waals surface area contributed by atoms with Gasteiger partial charge >= 0.3 is 0 Å². The molecule has 3 rings (SSSR count). The van der Waals surface area contributed by atoms with Gasteiger partial charge in [0.05, 0.1) is 19.6 Å². The van der Waals surface area contributed by atoms with Gasteiger partial charge in [0, 0.05) is 35.8 Å². The molecule has 0 spiro atoms. The Hall–Kier alpha value is -0.560. The van der Waals surface area contributed by atoms with Crippen molar-refractivity contribution in [2.24, 2.45) is 0 Å². The van der Waals surface area contributed by atoms with Crippen molar-refractivity contribution in [3.05, 3.63) is 22.4 Å². The van der Waals surface area contributed by atoms with E-state index in [2.05, 4.69) is 10.2 Å². The van der Waals surface area contributed by atoms with Crippen LogP contribution in [0.3, 0.4) is 0 Å². The van der Waals surface area contributed by atoms with Gasteiger partial charge in [0.1, 0.15) is 0 Å². The van der Waals surface area contributed by atoms with Gasteiger partial charge in [-0.15, -0.1) is 11.3 Å². The number of hydrogen-bond donors (Lipinski definition) is 1. The van der Waals surface area contributed by atoms with Crippen molar-refractivity contribution in [1.82, 2.24) is 10.2 Å². The van der Waals surface area contributed by atoms with Crippen LogP contribution in [0.4, 0.5) is 0 Å². The Labute approximate surface area is 134 Å². The van der Waals surface area contributed by atoms with Crippen molar-refractivity contribution in [2.45, 2.75) is 18.4 Å². The Kier molecular flexibility index (Phi) is 5.21. The average molecular weight is 326 g/mol. The Morgan fingerprint density at radius 2 is 2.29 bits per heavy atom. The van der Waals surface area contributed by atoms with E-state index in [9.17, 15) is 4.79 Å². The number of nitrogens with zero attached hydrogens (tertiary/aromatic N) is 1. The topological polar surface area (TPSA) is 41.6 Å². The van der Waals surface area contributed by atoms with Crippen molar-refractivity contribution < 1.29 is 9.53 Å². The minimum absolute atomic E-state index is 0.138. The quantitative estimate of drug-likeness (QED) is 0.893. The zero-order valence-corrected chi connectivity index (χ0v) is 13.8. The summed E-state index contributed by atoms with van der Waals surface area (Å²) in [6, 6.07) is 4.02. The van der Waals surface area contributed by atoms with E-state index in [1.165, 1.54) is 5.75 Å². The zero-order valence-electron chi connectivity index (χ0n) is 12.2. The van der Waals surface area contributed by atoms with Crippen LogP contribution in [-0.4, -0.2) is 60.7 Å². The van der Waals surface area contributed by atoms with Gasteiger partial charge in [0.15, 0.2) is 0 Å². The van der Waals surface area contributed by atoms with E-state index in [1.54, 1.807) is 11.3 Å². The summed E-state index contributed by atoms with van der Waals surface area (Å²) < 4.78 is 5.47. The van der Waals surface area contributed by atoms with Crippen molar-refractivity contribution in [1.29, 1.82) is 0 Å². The largest absolute Gasteiger partial charge is 0.379 e. The van der Waals surface area contributed by atoms with Gasteiger partial charge in [0.25, 0.3) is 0 Å². The lowest BCUT2D eigenvalue weighted by molar-refractivity contribution is -0.121. The maximum atomic E-state index is 12.1. The number of amides is 1. The highest BCUT2D eigenvalue weighted by Gasteiger charge is 2.40. The van der Waals surface area contributed by atoms with Gasteiger partial charge in [0.2, 0.25) is 5.91 Å². The molecule has 116 valence electrons. The molecule has 2 saturated heterocycles. The van der Waals surface area contributed by atoms with Crippen LogP contribution in [0.5, 0.6) is 0 Å². The van der Waals surface area contributed by atoms with Crippen LogP contribution in [0.2, 0.25) is 0 Å². The van der Waals surface area contributed by atoms with Crippen LogP contribution in [0.1, 0.15) is 11.3 Å². The number of thiophene rings is 1. The number of carbonyl (C=O) groups excluding carboxylic acids is 1. The number of rotatable bonds is 5. The molecule has 3 heterocycles. The second-order valence-corrected chi connectivity index (χ2v) is 7.80. The third-order valence-electron chi connectivity index (χ3n) is 4.29. The zero-order chi connectivity index (χ0) is 14.5. The molecule has 21 heavy (non-hydrogen) atoms. The monoisotopic (exact) mass is 326 g/mol. The molecule has 0 bridgehead atoms. The summed E-state index contributed by atoms with van der Waals surface area (Å²) in [4.78, 5) is 15.8. The molecule has 0 aromatic carbocycles. The minimum Gasteiger partial charge on any atom is -0.379 e. The molecule has 0 aliphatic carbocycles. The SMILES string of the molecule is O=C(Cc1cccs1)NC[C@]1(N2CCOCC2)CCSC1. The van der Waals surface area contributed by atoms with E-state index in [1.807, 2.05) is 29.3 Å². The summed E-state index contributed by atoms with van der Waals surface area (Å²) in [5.41, 5.74) is 0.138. The highest BCUT2D eigenvalue weighted by Crippen LogP contribution is 2.33. The Morgan fingerprint density at radius 1 is 1.43 bits per heavy atom. The third-order valence-corrected chi connectivity index (χ3v) is 6.40. The van der Waals surface area contributed by atoms with E-state index in [-0.39, 0.29) is 11.4 Å². The second-order valence-electron chi connectivity index (χ2n) is 5.66. The van der Waals surface area contributed by atoms with Crippen LogP contribution in [0, 0.1) is 0 Å². The molecule has 1 N–H and O–H groups in total. The molecule has 1 atom stereocenters. The summed E-state index contributed by atoms with van der Waals surface area (Å²) in [5.74, 6) is 2.45. The van der Waals surface area contributed by atoms with Crippen LogP contribution in [-0.2, 0) is 16.0 Å².